The Balaban J connectivity index is 2.20. The van der Waals surface area contributed by atoms with E-state index < -0.39 is 12.0 Å². The molecule has 0 bridgehead atoms. The van der Waals surface area contributed by atoms with E-state index in [1.54, 1.807) is 16.7 Å². The normalized spacial score (nSPS) is 26.2. The first kappa shape index (κ1) is 14.4. The summed E-state index contributed by atoms with van der Waals surface area (Å²) in [6.45, 7) is 5.35. The molecule has 2 heterocycles. The average Bonchev–Trinajstić information content (AvgIpc) is 2.70. The quantitative estimate of drug-likeness (QED) is 0.756. The van der Waals surface area contributed by atoms with Gasteiger partial charge in [0, 0.05) is 24.4 Å². The van der Waals surface area contributed by atoms with Crippen molar-refractivity contribution in [1.82, 2.24) is 10.2 Å². The first-order valence-electron chi connectivity index (χ1n) is 6.62. The highest BCUT2D eigenvalue weighted by molar-refractivity contribution is 8.00. The van der Waals surface area contributed by atoms with Crippen LogP contribution in [0, 0.1) is 0 Å². The number of carbonyl (C=O) groups excluding carboxylic acids is 1. The number of hydrogen-bond donors (Lipinski definition) is 2. The Morgan fingerprint density at radius 3 is 2.63 bits per heavy atom. The van der Waals surface area contributed by atoms with E-state index in [4.69, 9.17) is 0 Å². The van der Waals surface area contributed by atoms with Crippen molar-refractivity contribution in [1.29, 1.82) is 0 Å². The number of nitrogens with one attached hydrogen (secondary N) is 1. The maximum absolute atomic E-state index is 12.5. The predicted molar refractivity (Wildman–Crippen MR) is 75.0 cm³/mol. The largest absolute Gasteiger partial charge is 0.480 e. The minimum Gasteiger partial charge on any atom is -0.480 e. The second-order valence-corrected chi connectivity index (χ2v) is 6.19. The molecule has 0 aromatic heterocycles. The van der Waals surface area contributed by atoms with Gasteiger partial charge in [-0.2, -0.15) is 0 Å². The summed E-state index contributed by atoms with van der Waals surface area (Å²) in [5.41, 5.74) is 1.81. The summed E-state index contributed by atoms with van der Waals surface area (Å²) in [5, 5.41) is 12.4. The van der Waals surface area contributed by atoms with Crippen molar-refractivity contribution in [3.63, 3.8) is 0 Å². The number of nitrogens with zero attached hydrogens (tertiary/aromatic N) is 1. The van der Waals surface area contributed by atoms with Crippen LogP contribution in [0.1, 0.15) is 26.7 Å². The molecule has 2 N–H and O–H groups in total. The maximum Gasteiger partial charge on any atom is 0.327 e. The van der Waals surface area contributed by atoms with Crippen LogP contribution in [0.4, 0.5) is 0 Å². The van der Waals surface area contributed by atoms with Crippen molar-refractivity contribution >= 4 is 23.6 Å². The molecule has 0 aromatic carbocycles. The molecule has 2 aliphatic heterocycles. The molecule has 0 radical (unpaired) electrons. The fourth-order valence-electron chi connectivity index (χ4n) is 2.36. The molecular weight excluding hydrogens is 264 g/mol. The zero-order chi connectivity index (χ0) is 14.0. The fraction of sp³-hybridized carbons (Fsp3) is 0.692. The van der Waals surface area contributed by atoms with Gasteiger partial charge in [-0.1, -0.05) is 13.3 Å². The van der Waals surface area contributed by atoms with E-state index in [-0.39, 0.29) is 11.3 Å². The highest BCUT2D eigenvalue weighted by Gasteiger charge is 2.41. The Morgan fingerprint density at radius 1 is 1.47 bits per heavy atom. The van der Waals surface area contributed by atoms with E-state index in [0.29, 0.717) is 11.3 Å². The van der Waals surface area contributed by atoms with Gasteiger partial charge in [0.1, 0.15) is 6.04 Å². The Kier molecular flexibility index (Phi) is 4.52. The minimum atomic E-state index is -0.899. The summed E-state index contributed by atoms with van der Waals surface area (Å²) >= 11 is 1.58. The average molecular weight is 284 g/mol. The number of aliphatic carboxylic acids is 1. The Bertz CT molecular complexity index is 416. The Hall–Kier alpha value is -1.01. The molecular formula is C13H20N2O3S. The van der Waals surface area contributed by atoms with Crippen LogP contribution in [0.2, 0.25) is 0 Å². The van der Waals surface area contributed by atoms with Crippen molar-refractivity contribution in [2.75, 3.05) is 18.8 Å². The minimum absolute atomic E-state index is 0.00202. The van der Waals surface area contributed by atoms with Gasteiger partial charge in [-0.05, 0) is 18.9 Å². The lowest BCUT2D eigenvalue weighted by Gasteiger charge is -2.30. The van der Waals surface area contributed by atoms with Crippen LogP contribution in [0.5, 0.6) is 0 Å². The van der Waals surface area contributed by atoms with Crippen LogP contribution < -0.4 is 5.32 Å². The third kappa shape index (κ3) is 2.79. The molecule has 19 heavy (non-hydrogen) atoms. The number of thioether (sulfide) groups is 1. The molecule has 2 atom stereocenters. The Morgan fingerprint density at radius 2 is 2.16 bits per heavy atom. The van der Waals surface area contributed by atoms with Gasteiger partial charge in [-0.15, -0.1) is 11.8 Å². The molecule has 0 aromatic rings. The van der Waals surface area contributed by atoms with Crippen molar-refractivity contribution in [2.24, 2.45) is 0 Å². The number of amides is 1. The highest BCUT2D eigenvalue weighted by atomic mass is 32.2. The highest BCUT2D eigenvalue weighted by Crippen LogP contribution is 2.33. The van der Waals surface area contributed by atoms with E-state index in [1.165, 1.54) is 0 Å². The summed E-state index contributed by atoms with van der Waals surface area (Å²) in [6, 6.07) is -0.683. The summed E-state index contributed by atoms with van der Waals surface area (Å²) in [7, 11) is 0. The van der Waals surface area contributed by atoms with Crippen LogP contribution in [0.3, 0.4) is 0 Å². The van der Waals surface area contributed by atoms with Crippen molar-refractivity contribution in [2.45, 2.75) is 38.1 Å². The van der Waals surface area contributed by atoms with Gasteiger partial charge in [0.15, 0.2) is 0 Å². The summed E-state index contributed by atoms with van der Waals surface area (Å²) in [5.74, 6) is -0.511. The first-order chi connectivity index (χ1) is 9.06. The van der Waals surface area contributed by atoms with Gasteiger partial charge in [0.25, 0.3) is 5.91 Å². The molecule has 0 spiro atoms. The fourth-order valence-corrected chi connectivity index (χ4v) is 3.87. The third-order valence-electron chi connectivity index (χ3n) is 3.68. The van der Waals surface area contributed by atoms with Gasteiger partial charge >= 0.3 is 5.97 Å². The molecule has 2 rings (SSSR count). The number of carboxylic acid groups (broad SMARTS) is 1. The second kappa shape index (κ2) is 5.96. The van der Waals surface area contributed by atoms with Crippen LogP contribution in [0.25, 0.3) is 0 Å². The number of hydrogen-bond acceptors (Lipinski definition) is 4. The standard InChI is InChI=1S/C13H20N2O3S/c1-3-4-11-15(10(7-19-11)13(17)18)12(16)8(2)9-5-14-6-9/h10-11,14H,3-7H2,1-2H3,(H,17,18). The SMILES string of the molecule is CCCC1SCC(C(=O)O)N1C(=O)C(C)=C1CNC1. The second-order valence-electron chi connectivity index (χ2n) is 4.98. The van der Waals surface area contributed by atoms with Crippen molar-refractivity contribution < 1.29 is 14.7 Å². The number of rotatable bonds is 4. The number of carboxylic acids is 1. The molecule has 5 nitrogen and oxygen atoms in total. The summed E-state index contributed by atoms with van der Waals surface area (Å²) in [4.78, 5) is 25.4. The molecule has 2 fully saturated rings. The first-order valence-corrected chi connectivity index (χ1v) is 7.67. The van der Waals surface area contributed by atoms with E-state index >= 15 is 0 Å². The lowest BCUT2D eigenvalue weighted by molar-refractivity contribution is -0.147. The van der Waals surface area contributed by atoms with E-state index in [0.717, 1.165) is 31.5 Å². The third-order valence-corrected chi connectivity index (χ3v) is 5.03. The Labute approximate surface area is 117 Å². The molecule has 2 aliphatic rings. The zero-order valence-corrected chi connectivity index (χ0v) is 12.1. The van der Waals surface area contributed by atoms with Crippen LogP contribution in [-0.2, 0) is 9.59 Å². The van der Waals surface area contributed by atoms with E-state index in [9.17, 15) is 14.7 Å². The van der Waals surface area contributed by atoms with Gasteiger partial charge in [0.2, 0.25) is 0 Å². The molecule has 106 valence electrons. The molecule has 1 amide bonds. The van der Waals surface area contributed by atoms with Crippen LogP contribution in [-0.4, -0.2) is 52.1 Å². The monoisotopic (exact) mass is 284 g/mol. The molecule has 2 saturated heterocycles. The van der Waals surface area contributed by atoms with Gasteiger partial charge < -0.3 is 15.3 Å². The maximum atomic E-state index is 12.5. The van der Waals surface area contributed by atoms with Crippen molar-refractivity contribution in [3.05, 3.63) is 11.1 Å². The van der Waals surface area contributed by atoms with Crippen LogP contribution in [0.15, 0.2) is 11.1 Å². The lowest BCUT2D eigenvalue weighted by atomic mass is 10.0. The van der Waals surface area contributed by atoms with E-state index in [1.807, 2.05) is 6.92 Å². The number of carbonyl (C=O) groups is 2. The molecule has 0 aliphatic carbocycles. The summed E-state index contributed by atoms with van der Waals surface area (Å²) in [6.07, 6.45) is 1.80. The van der Waals surface area contributed by atoms with Gasteiger partial charge in [-0.25, -0.2) is 4.79 Å². The molecule has 6 heteroatoms. The predicted octanol–water partition coefficient (Wildman–Crippen LogP) is 1.06. The molecule has 2 unspecified atom stereocenters. The van der Waals surface area contributed by atoms with E-state index in [2.05, 4.69) is 12.2 Å². The van der Waals surface area contributed by atoms with Gasteiger partial charge in [0.05, 0.1) is 5.37 Å². The summed E-state index contributed by atoms with van der Waals surface area (Å²) < 4.78 is 0. The lowest BCUT2D eigenvalue weighted by Crippen LogP contribution is -2.47. The smallest absolute Gasteiger partial charge is 0.327 e. The zero-order valence-electron chi connectivity index (χ0n) is 11.3. The topological polar surface area (TPSA) is 69.6 Å². The van der Waals surface area contributed by atoms with Crippen molar-refractivity contribution in [3.8, 4) is 0 Å². The van der Waals surface area contributed by atoms with Crippen LogP contribution >= 0.6 is 11.8 Å². The molecule has 0 saturated carbocycles. The van der Waals surface area contributed by atoms with Gasteiger partial charge in [-0.3, -0.25) is 4.79 Å².